The Bertz CT molecular complexity index is 1130. The van der Waals surface area contributed by atoms with E-state index in [1.165, 1.54) is 0 Å². The number of carbonyl (C=O) groups excluding carboxylic acids is 1. The molecule has 2 N–H and O–H groups in total. The number of aromatic nitrogens is 3. The number of aromatic carboxylic acids is 1. The number of likely N-dealkylation sites (tertiary alicyclic amines) is 1. The van der Waals surface area contributed by atoms with Crippen LogP contribution in [0.4, 0.5) is 10.6 Å². The molecule has 0 saturated carbocycles. The van der Waals surface area contributed by atoms with Crippen molar-refractivity contribution >= 4 is 28.9 Å². The highest BCUT2D eigenvalue weighted by Crippen LogP contribution is 2.36. The van der Waals surface area contributed by atoms with Crippen LogP contribution in [0.15, 0.2) is 42.9 Å². The first kappa shape index (κ1) is 20.3. The van der Waals surface area contributed by atoms with Crippen molar-refractivity contribution in [1.82, 2.24) is 19.9 Å². The monoisotopic (exact) mass is 435 g/mol. The molecule has 3 aromatic rings. The molecule has 32 heavy (non-hydrogen) atoms. The van der Waals surface area contributed by atoms with Crippen LogP contribution in [0.25, 0.3) is 11.0 Å². The van der Waals surface area contributed by atoms with Gasteiger partial charge in [-0.1, -0.05) is 12.1 Å². The van der Waals surface area contributed by atoms with Crippen LogP contribution in [-0.4, -0.2) is 68.8 Å². The van der Waals surface area contributed by atoms with Crippen molar-refractivity contribution in [2.75, 3.05) is 24.6 Å². The van der Waals surface area contributed by atoms with Crippen molar-refractivity contribution in [1.29, 1.82) is 0 Å². The number of nitrogens with zero attached hydrogens (tertiary/aromatic N) is 4. The van der Waals surface area contributed by atoms with Crippen LogP contribution in [0.1, 0.15) is 35.2 Å². The Balaban J connectivity index is 1.22. The van der Waals surface area contributed by atoms with E-state index in [9.17, 15) is 9.59 Å². The van der Waals surface area contributed by atoms with Crippen LogP contribution < -0.4 is 4.90 Å². The molecule has 0 aliphatic carbocycles. The molecule has 9 heteroatoms. The molecule has 0 unspecified atom stereocenters. The highest BCUT2D eigenvalue weighted by molar-refractivity contribution is 5.88. The third-order valence-corrected chi connectivity index (χ3v) is 6.47. The van der Waals surface area contributed by atoms with Crippen LogP contribution in [0.5, 0.6) is 0 Å². The highest BCUT2D eigenvalue weighted by Gasteiger charge is 2.43. The molecule has 2 aromatic heterocycles. The van der Waals surface area contributed by atoms with Gasteiger partial charge < -0.3 is 24.6 Å². The van der Waals surface area contributed by atoms with E-state index in [1.54, 1.807) is 30.6 Å². The zero-order valence-corrected chi connectivity index (χ0v) is 17.6. The third kappa shape index (κ3) is 3.74. The second kappa shape index (κ2) is 8.49. The van der Waals surface area contributed by atoms with Gasteiger partial charge in [-0.15, -0.1) is 0 Å². The van der Waals surface area contributed by atoms with Crippen LogP contribution in [0.3, 0.4) is 0 Å². The minimum absolute atomic E-state index is 0.107. The van der Waals surface area contributed by atoms with E-state index in [4.69, 9.17) is 9.84 Å². The Labute approximate surface area is 185 Å². The highest BCUT2D eigenvalue weighted by atomic mass is 16.6. The number of piperidine rings is 1. The topological polar surface area (TPSA) is 112 Å². The van der Waals surface area contributed by atoms with Gasteiger partial charge in [0.15, 0.2) is 0 Å². The molecule has 2 saturated heterocycles. The van der Waals surface area contributed by atoms with Gasteiger partial charge in [-0.2, -0.15) is 0 Å². The largest absolute Gasteiger partial charge is 0.478 e. The molecule has 5 rings (SSSR count). The van der Waals surface area contributed by atoms with Gasteiger partial charge in [0.25, 0.3) is 0 Å². The molecular weight excluding hydrogens is 410 g/mol. The fourth-order valence-electron chi connectivity index (χ4n) is 4.92. The number of amides is 1. The summed E-state index contributed by atoms with van der Waals surface area (Å²) in [5, 5.41) is 9.99. The summed E-state index contributed by atoms with van der Waals surface area (Å²) in [7, 11) is 0. The van der Waals surface area contributed by atoms with Crippen molar-refractivity contribution in [3.63, 3.8) is 0 Å². The number of fused-ring (bicyclic) bond motifs is 2. The molecule has 2 aliphatic heterocycles. The quantitative estimate of drug-likeness (QED) is 0.633. The molecule has 2 atom stereocenters. The molecule has 2 aliphatic rings. The first-order valence-electron chi connectivity index (χ1n) is 10.9. The van der Waals surface area contributed by atoms with E-state index in [2.05, 4.69) is 19.9 Å². The fourth-order valence-corrected chi connectivity index (χ4v) is 4.92. The van der Waals surface area contributed by atoms with Crippen molar-refractivity contribution in [3.8, 4) is 0 Å². The number of aromatic amines is 1. The maximum atomic E-state index is 12.9. The number of anilines is 1. The smallest absolute Gasteiger partial charge is 0.410 e. The van der Waals surface area contributed by atoms with Crippen molar-refractivity contribution in [2.45, 2.75) is 37.8 Å². The lowest BCUT2D eigenvalue weighted by Gasteiger charge is -2.39. The number of nitrogens with one attached hydrogen (secondary N) is 1. The number of carbonyl (C=O) groups is 2. The van der Waals surface area contributed by atoms with Crippen molar-refractivity contribution in [2.24, 2.45) is 0 Å². The number of carboxylic acids is 1. The van der Waals surface area contributed by atoms with Gasteiger partial charge in [-0.25, -0.2) is 19.6 Å². The number of H-pyrrole nitrogens is 1. The number of hydrogen-bond donors (Lipinski definition) is 2. The fraction of sp³-hybridized carbons (Fsp3) is 0.391. The Morgan fingerprint density at radius 2 is 1.94 bits per heavy atom. The Morgan fingerprint density at radius 3 is 2.75 bits per heavy atom. The molecule has 2 fully saturated rings. The summed E-state index contributed by atoms with van der Waals surface area (Å²) in [5.74, 6) is -0.0313. The van der Waals surface area contributed by atoms with E-state index in [0.29, 0.717) is 13.0 Å². The summed E-state index contributed by atoms with van der Waals surface area (Å²) in [6, 6.07) is 8.96. The van der Waals surface area contributed by atoms with Gasteiger partial charge in [0.2, 0.25) is 0 Å². The summed E-state index contributed by atoms with van der Waals surface area (Å²) in [5.41, 5.74) is 2.00. The first-order valence-corrected chi connectivity index (χ1v) is 10.9. The summed E-state index contributed by atoms with van der Waals surface area (Å²) >= 11 is 0. The van der Waals surface area contributed by atoms with Gasteiger partial charge >= 0.3 is 12.1 Å². The molecule has 0 bridgehead atoms. The van der Waals surface area contributed by atoms with E-state index < -0.39 is 5.97 Å². The SMILES string of the molecule is O=C(O)c1ccc(CCOC(=O)N2CCC[C@@H]3[C@H]2CCN3c2ncnc3[nH]ccc23)cc1. The summed E-state index contributed by atoms with van der Waals surface area (Å²) in [6.45, 7) is 1.80. The number of benzene rings is 1. The lowest BCUT2D eigenvalue weighted by atomic mass is 9.97. The first-order chi connectivity index (χ1) is 15.6. The third-order valence-electron chi connectivity index (χ3n) is 6.47. The summed E-state index contributed by atoms with van der Waals surface area (Å²) in [4.78, 5) is 40.0. The van der Waals surface area contributed by atoms with E-state index in [0.717, 1.165) is 48.2 Å². The van der Waals surface area contributed by atoms with Gasteiger partial charge in [0.05, 0.1) is 29.6 Å². The molecule has 0 spiro atoms. The predicted molar refractivity (Wildman–Crippen MR) is 118 cm³/mol. The molecule has 1 amide bonds. The van der Waals surface area contributed by atoms with Crippen molar-refractivity contribution in [3.05, 3.63) is 54.0 Å². The number of carboxylic acid groups (broad SMARTS) is 1. The minimum atomic E-state index is -0.951. The zero-order chi connectivity index (χ0) is 22.1. The van der Waals surface area contributed by atoms with Crippen LogP contribution in [-0.2, 0) is 11.2 Å². The Kier molecular flexibility index (Phi) is 5.38. The lowest BCUT2D eigenvalue weighted by Crippen LogP contribution is -2.52. The molecule has 0 radical (unpaired) electrons. The van der Waals surface area contributed by atoms with Gasteiger partial charge in [-0.05, 0) is 43.0 Å². The zero-order valence-electron chi connectivity index (χ0n) is 17.6. The second-order valence-corrected chi connectivity index (χ2v) is 8.26. The summed E-state index contributed by atoms with van der Waals surface area (Å²) in [6.07, 6.45) is 6.54. The predicted octanol–water partition coefficient (Wildman–Crippen LogP) is 3.08. The number of rotatable bonds is 5. The average Bonchev–Trinajstić information content (AvgIpc) is 3.46. The average molecular weight is 435 g/mol. The van der Waals surface area contributed by atoms with E-state index >= 15 is 0 Å². The Hall–Kier alpha value is -3.62. The van der Waals surface area contributed by atoms with Crippen molar-refractivity contribution < 1.29 is 19.4 Å². The lowest BCUT2D eigenvalue weighted by molar-refractivity contribution is 0.0696. The summed E-state index contributed by atoms with van der Waals surface area (Å²) < 4.78 is 5.59. The van der Waals surface area contributed by atoms with E-state index in [-0.39, 0.29) is 30.3 Å². The number of hydrogen-bond acceptors (Lipinski definition) is 6. The van der Waals surface area contributed by atoms with Gasteiger partial charge in [-0.3, -0.25) is 0 Å². The molecule has 166 valence electrons. The Morgan fingerprint density at radius 1 is 1.09 bits per heavy atom. The van der Waals surface area contributed by atoms with Crippen LogP contribution >= 0.6 is 0 Å². The van der Waals surface area contributed by atoms with Gasteiger partial charge in [0.1, 0.15) is 17.8 Å². The molecule has 4 heterocycles. The van der Waals surface area contributed by atoms with E-state index in [1.807, 2.05) is 17.2 Å². The minimum Gasteiger partial charge on any atom is -0.478 e. The normalized spacial score (nSPS) is 20.4. The van der Waals surface area contributed by atoms with Crippen LogP contribution in [0.2, 0.25) is 0 Å². The second-order valence-electron chi connectivity index (χ2n) is 8.26. The standard InChI is InChI=1S/C23H25N5O4/c29-22(30)16-5-3-15(4-6-16)9-13-32-23(31)28-11-1-2-18-19(28)8-12-27(18)21-17-7-10-24-20(17)25-14-26-21/h3-7,10,14,18-19H,1-2,8-9,11-13H2,(H,29,30)(H,24,25,26)/t18-,19-/m1/s1. The van der Waals surface area contributed by atoms with Crippen LogP contribution in [0, 0.1) is 0 Å². The molecule has 9 nitrogen and oxygen atoms in total. The maximum Gasteiger partial charge on any atom is 0.410 e. The molecule has 1 aromatic carbocycles. The number of ether oxygens (including phenoxy) is 1. The molecular formula is C23H25N5O4. The van der Waals surface area contributed by atoms with Gasteiger partial charge in [0, 0.05) is 25.7 Å². The maximum absolute atomic E-state index is 12.9.